The predicted molar refractivity (Wildman–Crippen MR) is 58.1 cm³/mol. The Labute approximate surface area is 85.7 Å². The van der Waals surface area contributed by atoms with Crippen LogP contribution in [0.4, 0.5) is 0 Å². The van der Waals surface area contributed by atoms with E-state index in [9.17, 15) is 9.59 Å². The fraction of sp³-hybridized carbons (Fsp3) is 0.500. The number of ketones is 2. The molecule has 0 atom stereocenters. The highest BCUT2D eigenvalue weighted by Gasteiger charge is 2.04. The van der Waals surface area contributed by atoms with Gasteiger partial charge >= 0.3 is 0 Å². The first-order valence-corrected chi connectivity index (χ1v) is 4.69. The summed E-state index contributed by atoms with van der Waals surface area (Å²) in [6.45, 7) is 8.75. The van der Waals surface area contributed by atoms with E-state index in [2.05, 4.69) is 0 Å². The molecule has 0 aliphatic rings. The van der Waals surface area contributed by atoms with Gasteiger partial charge in [-0.05, 0) is 34.6 Å². The molecule has 0 aromatic rings. The van der Waals surface area contributed by atoms with Crippen molar-refractivity contribution in [1.82, 2.24) is 0 Å². The van der Waals surface area contributed by atoms with E-state index < -0.39 is 0 Å². The highest BCUT2D eigenvalue weighted by molar-refractivity contribution is 5.97. The molecule has 0 spiro atoms. The second kappa shape index (κ2) is 5.53. The number of Topliss-reactive ketones (excluding diaryl/α,β-unsaturated/α-hetero) is 2. The number of allylic oxidation sites excluding steroid dienone is 4. The van der Waals surface area contributed by atoms with E-state index in [0.717, 1.165) is 11.1 Å². The van der Waals surface area contributed by atoms with E-state index in [0.29, 0.717) is 12.0 Å². The van der Waals surface area contributed by atoms with Crippen molar-refractivity contribution in [3.05, 3.63) is 22.8 Å². The summed E-state index contributed by atoms with van der Waals surface area (Å²) < 4.78 is 0. The lowest BCUT2D eigenvalue weighted by molar-refractivity contribution is -0.116. The first kappa shape index (κ1) is 12.8. The molecule has 0 amide bonds. The Balaban J connectivity index is 4.85. The van der Waals surface area contributed by atoms with Crippen LogP contribution in [0.2, 0.25) is 0 Å². The van der Waals surface area contributed by atoms with Crippen LogP contribution in [0.5, 0.6) is 0 Å². The highest BCUT2D eigenvalue weighted by atomic mass is 16.1. The van der Waals surface area contributed by atoms with Crippen molar-refractivity contribution in [3.63, 3.8) is 0 Å². The largest absolute Gasteiger partial charge is 0.300 e. The minimum atomic E-state index is 0.0490. The molecule has 0 fully saturated rings. The van der Waals surface area contributed by atoms with Gasteiger partial charge in [0.15, 0.2) is 5.78 Å². The number of hydrogen-bond acceptors (Lipinski definition) is 2. The number of carbonyl (C=O) groups is 2. The molecule has 0 aromatic carbocycles. The highest BCUT2D eigenvalue weighted by Crippen LogP contribution is 2.11. The normalized spacial score (nSPS) is 11.1. The maximum absolute atomic E-state index is 11.2. The Hall–Kier alpha value is -1.18. The number of carbonyl (C=O) groups excluding carboxylic acids is 2. The van der Waals surface area contributed by atoms with Crippen LogP contribution in [0, 0.1) is 0 Å². The summed E-state index contributed by atoms with van der Waals surface area (Å²) in [5, 5.41) is 0. The minimum Gasteiger partial charge on any atom is -0.300 e. The van der Waals surface area contributed by atoms with Gasteiger partial charge < -0.3 is 0 Å². The van der Waals surface area contributed by atoms with Gasteiger partial charge in [0.2, 0.25) is 0 Å². The van der Waals surface area contributed by atoms with Crippen molar-refractivity contribution >= 4 is 11.6 Å². The quantitative estimate of drug-likeness (QED) is 0.509. The first-order chi connectivity index (χ1) is 6.34. The third kappa shape index (κ3) is 4.75. The van der Waals surface area contributed by atoms with Gasteiger partial charge in [0.25, 0.3) is 0 Å². The van der Waals surface area contributed by atoms with Crippen LogP contribution in [-0.4, -0.2) is 11.6 Å². The number of hydrogen-bond donors (Lipinski definition) is 0. The monoisotopic (exact) mass is 194 g/mol. The maximum atomic E-state index is 11.2. The maximum Gasteiger partial charge on any atom is 0.159 e. The van der Waals surface area contributed by atoms with Gasteiger partial charge in [-0.25, -0.2) is 0 Å². The van der Waals surface area contributed by atoms with Crippen LogP contribution in [0.25, 0.3) is 0 Å². The zero-order valence-electron chi connectivity index (χ0n) is 9.60. The molecule has 0 aliphatic carbocycles. The molecule has 0 aliphatic heterocycles. The fourth-order valence-corrected chi connectivity index (χ4v) is 1.29. The molecule has 0 N–H and O–H groups in total. The Bertz CT molecular complexity index is 302. The lowest BCUT2D eigenvalue weighted by atomic mass is 10.0. The molecular formula is C12H18O2. The Kier molecular flexibility index (Phi) is 5.06. The Morgan fingerprint density at radius 1 is 1.00 bits per heavy atom. The minimum absolute atomic E-state index is 0.0490. The molecule has 0 heterocycles. The Morgan fingerprint density at radius 2 is 1.50 bits per heavy atom. The second-order valence-electron chi connectivity index (χ2n) is 3.84. The van der Waals surface area contributed by atoms with E-state index >= 15 is 0 Å². The molecule has 78 valence electrons. The van der Waals surface area contributed by atoms with E-state index in [1.807, 2.05) is 20.8 Å². The summed E-state index contributed by atoms with van der Waals surface area (Å²) in [6.07, 6.45) is 2.23. The van der Waals surface area contributed by atoms with Crippen LogP contribution in [0.15, 0.2) is 22.8 Å². The fourth-order valence-electron chi connectivity index (χ4n) is 1.29. The molecule has 0 aromatic heterocycles. The SMILES string of the molecule is CC(=O)CC(C)=CC(C(C)=O)=C(C)C. The third-order valence-corrected chi connectivity index (χ3v) is 1.84. The molecule has 0 unspecified atom stereocenters. The molecule has 0 bridgehead atoms. The third-order valence-electron chi connectivity index (χ3n) is 1.84. The summed E-state index contributed by atoms with van der Waals surface area (Å²) >= 11 is 0. The first-order valence-electron chi connectivity index (χ1n) is 4.69. The molecule has 2 nitrogen and oxygen atoms in total. The van der Waals surface area contributed by atoms with Crippen molar-refractivity contribution in [2.45, 2.75) is 41.0 Å². The molecule has 2 heteroatoms. The summed E-state index contributed by atoms with van der Waals surface area (Å²) in [5.41, 5.74) is 2.63. The van der Waals surface area contributed by atoms with Crippen LogP contribution in [-0.2, 0) is 9.59 Å². The van der Waals surface area contributed by atoms with Crippen molar-refractivity contribution in [1.29, 1.82) is 0 Å². The average molecular weight is 194 g/mol. The second-order valence-corrected chi connectivity index (χ2v) is 3.84. The van der Waals surface area contributed by atoms with Gasteiger partial charge in [-0.2, -0.15) is 0 Å². The van der Waals surface area contributed by atoms with Crippen molar-refractivity contribution < 1.29 is 9.59 Å². The summed E-state index contributed by atoms with van der Waals surface area (Å²) in [5.74, 6) is 0.170. The molecule has 14 heavy (non-hydrogen) atoms. The van der Waals surface area contributed by atoms with Crippen molar-refractivity contribution in [3.8, 4) is 0 Å². The lowest BCUT2D eigenvalue weighted by Gasteiger charge is -2.02. The van der Waals surface area contributed by atoms with Crippen LogP contribution in [0.3, 0.4) is 0 Å². The smallest absolute Gasteiger partial charge is 0.159 e. The van der Waals surface area contributed by atoms with E-state index in [-0.39, 0.29) is 11.6 Å². The lowest BCUT2D eigenvalue weighted by Crippen LogP contribution is -1.98. The van der Waals surface area contributed by atoms with Crippen LogP contribution in [0.1, 0.15) is 41.0 Å². The average Bonchev–Trinajstić information content (AvgIpc) is 1.97. The Morgan fingerprint density at radius 3 is 1.79 bits per heavy atom. The van der Waals surface area contributed by atoms with Gasteiger partial charge in [0.05, 0.1) is 0 Å². The molecule has 0 rings (SSSR count). The summed E-state index contributed by atoms with van der Waals surface area (Å²) in [7, 11) is 0. The van der Waals surface area contributed by atoms with Gasteiger partial charge in [-0.3, -0.25) is 9.59 Å². The van der Waals surface area contributed by atoms with E-state index in [1.54, 1.807) is 19.9 Å². The summed E-state index contributed by atoms with van der Waals surface area (Å²) in [6, 6.07) is 0. The topological polar surface area (TPSA) is 34.1 Å². The number of rotatable bonds is 4. The molecular weight excluding hydrogens is 176 g/mol. The van der Waals surface area contributed by atoms with Crippen molar-refractivity contribution in [2.24, 2.45) is 0 Å². The van der Waals surface area contributed by atoms with E-state index in [4.69, 9.17) is 0 Å². The van der Waals surface area contributed by atoms with Crippen LogP contribution < -0.4 is 0 Å². The zero-order chi connectivity index (χ0) is 11.3. The molecule has 0 radical (unpaired) electrons. The molecule has 0 saturated carbocycles. The van der Waals surface area contributed by atoms with E-state index in [1.165, 1.54) is 0 Å². The van der Waals surface area contributed by atoms with Crippen LogP contribution >= 0.6 is 0 Å². The van der Waals surface area contributed by atoms with Gasteiger partial charge in [-0.15, -0.1) is 0 Å². The summed E-state index contributed by atoms with van der Waals surface area (Å²) in [4.78, 5) is 22.1. The van der Waals surface area contributed by atoms with Gasteiger partial charge in [0.1, 0.15) is 5.78 Å². The zero-order valence-corrected chi connectivity index (χ0v) is 9.60. The standard InChI is InChI=1S/C12H18O2/c1-8(2)12(11(5)14)7-9(3)6-10(4)13/h7H,6H2,1-5H3. The van der Waals surface area contributed by atoms with Crippen molar-refractivity contribution in [2.75, 3.05) is 0 Å². The molecule has 0 saturated heterocycles. The van der Waals surface area contributed by atoms with Gasteiger partial charge in [-0.1, -0.05) is 17.2 Å². The predicted octanol–water partition coefficient (Wildman–Crippen LogP) is 2.84. The van der Waals surface area contributed by atoms with Gasteiger partial charge in [0, 0.05) is 12.0 Å².